The summed E-state index contributed by atoms with van der Waals surface area (Å²) in [5.41, 5.74) is 2.52. The number of benzene rings is 2. The van der Waals surface area contributed by atoms with E-state index in [4.69, 9.17) is 9.47 Å². The lowest BCUT2D eigenvalue weighted by molar-refractivity contribution is -0.676. The number of nitrogens with two attached hydrogens (primary N) is 1. The Bertz CT molecular complexity index is 547. The summed E-state index contributed by atoms with van der Waals surface area (Å²) in [6, 6.07) is 18.6. The van der Waals surface area contributed by atoms with Gasteiger partial charge in [0.25, 0.3) is 0 Å². The third-order valence-corrected chi connectivity index (χ3v) is 4.01. The molecule has 1 aliphatic heterocycles. The molecule has 0 spiro atoms. The van der Waals surface area contributed by atoms with Crippen molar-refractivity contribution in [3.63, 3.8) is 0 Å². The van der Waals surface area contributed by atoms with Crippen molar-refractivity contribution in [2.24, 2.45) is 0 Å². The molecule has 2 aromatic carbocycles. The Hall–Kier alpha value is -1.84. The summed E-state index contributed by atoms with van der Waals surface area (Å²) in [5.74, 6) is 0.923. The standard InChI is InChI=1S/C19H23NO2/c1-2-5-17(6-3-1)15-22-18-10-8-16(9-11-18)13-20-14-19-7-4-12-21-19/h1-3,5-6,8-11,19-20H,4,7,12-15H2/p+1/t19-/m0/s1. The number of hydrogen-bond acceptors (Lipinski definition) is 2. The van der Waals surface area contributed by atoms with Gasteiger partial charge in [-0.25, -0.2) is 0 Å². The second kappa shape index (κ2) is 7.97. The summed E-state index contributed by atoms with van der Waals surface area (Å²) in [7, 11) is 0. The Morgan fingerprint density at radius 3 is 2.55 bits per heavy atom. The van der Waals surface area contributed by atoms with Crippen LogP contribution in [-0.4, -0.2) is 19.3 Å². The third-order valence-electron chi connectivity index (χ3n) is 4.01. The lowest BCUT2D eigenvalue weighted by Crippen LogP contribution is -2.84. The van der Waals surface area contributed by atoms with Crippen molar-refractivity contribution in [3.05, 3.63) is 65.7 Å². The molecule has 1 heterocycles. The molecule has 0 aromatic heterocycles. The van der Waals surface area contributed by atoms with Crippen molar-refractivity contribution >= 4 is 0 Å². The normalized spacial score (nSPS) is 17.5. The Balaban J connectivity index is 1.41. The van der Waals surface area contributed by atoms with Crippen LogP contribution in [0.15, 0.2) is 54.6 Å². The Kier molecular flexibility index (Phi) is 5.46. The van der Waals surface area contributed by atoms with Crippen molar-refractivity contribution in [2.75, 3.05) is 13.2 Å². The molecule has 0 unspecified atom stereocenters. The fourth-order valence-corrected chi connectivity index (χ4v) is 2.73. The summed E-state index contributed by atoms with van der Waals surface area (Å²) >= 11 is 0. The van der Waals surface area contributed by atoms with Gasteiger partial charge in [0.15, 0.2) is 0 Å². The quantitative estimate of drug-likeness (QED) is 0.852. The van der Waals surface area contributed by atoms with E-state index >= 15 is 0 Å². The molecular weight excluding hydrogens is 274 g/mol. The molecule has 116 valence electrons. The van der Waals surface area contributed by atoms with Crippen LogP contribution < -0.4 is 10.1 Å². The number of rotatable bonds is 7. The van der Waals surface area contributed by atoms with E-state index in [9.17, 15) is 0 Å². The fraction of sp³-hybridized carbons (Fsp3) is 0.368. The highest BCUT2D eigenvalue weighted by atomic mass is 16.5. The predicted molar refractivity (Wildman–Crippen MR) is 86.7 cm³/mol. The van der Waals surface area contributed by atoms with E-state index in [1.54, 1.807) is 0 Å². The zero-order valence-corrected chi connectivity index (χ0v) is 12.9. The van der Waals surface area contributed by atoms with Crippen LogP contribution in [-0.2, 0) is 17.9 Å². The lowest BCUT2D eigenvalue weighted by Gasteiger charge is -2.09. The van der Waals surface area contributed by atoms with Gasteiger partial charge >= 0.3 is 0 Å². The molecule has 2 N–H and O–H groups in total. The second-order valence-corrected chi connectivity index (χ2v) is 5.78. The first-order valence-corrected chi connectivity index (χ1v) is 8.09. The molecule has 3 heteroatoms. The molecule has 3 nitrogen and oxygen atoms in total. The van der Waals surface area contributed by atoms with E-state index in [0.717, 1.165) is 25.4 Å². The van der Waals surface area contributed by atoms with Gasteiger partial charge in [0.2, 0.25) is 0 Å². The molecule has 1 saturated heterocycles. The van der Waals surface area contributed by atoms with E-state index in [1.165, 1.54) is 24.0 Å². The van der Waals surface area contributed by atoms with Crippen LogP contribution in [0.25, 0.3) is 0 Å². The SMILES string of the molecule is c1ccc(COc2ccc(C[NH2+]C[C@@H]3CCCO3)cc2)cc1. The van der Waals surface area contributed by atoms with Crippen molar-refractivity contribution in [1.29, 1.82) is 0 Å². The zero-order chi connectivity index (χ0) is 15.0. The largest absolute Gasteiger partial charge is 0.489 e. The van der Waals surface area contributed by atoms with E-state index in [0.29, 0.717) is 12.7 Å². The Labute approximate surface area is 132 Å². The second-order valence-electron chi connectivity index (χ2n) is 5.78. The third kappa shape index (κ3) is 4.58. The lowest BCUT2D eigenvalue weighted by atomic mass is 10.2. The molecule has 2 aromatic rings. The molecular formula is C19H24NO2+. The summed E-state index contributed by atoms with van der Waals surface area (Å²) < 4.78 is 11.4. The summed E-state index contributed by atoms with van der Waals surface area (Å²) in [4.78, 5) is 0. The molecule has 0 bridgehead atoms. The van der Waals surface area contributed by atoms with Crippen LogP contribution >= 0.6 is 0 Å². The Morgan fingerprint density at radius 1 is 1.00 bits per heavy atom. The fourth-order valence-electron chi connectivity index (χ4n) is 2.73. The van der Waals surface area contributed by atoms with Crippen LogP contribution in [0.3, 0.4) is 0 Å². The molecule has 0 radical (unpaired) electrons. The van der Waals surface area contributed by atoms with Gasteiger partial charge in [0.05, 0.1) is 0 Å². The van der Waals surface area contributed by atoms with Crippen molar-refractivity contribution in [2.45, 2.75) is 32.1 Å². The molecule has 3 rings (SSSR count). The number of hydrogen-bond donors (Lipinski definition) is 1. The van der Waals surface area contributed by atoms with Crippen molar-refractivity contribution in [1.82, 2.24) is 0 Å². The molecule has 1 atom stereocenters. The topological polar surface area (TPSA) is 35.1 Å². The van der Waals surface area contributed by atoms with Crippen molar-refractivity contribution in [3.8, 4) is 5.75 Å². The van der Waals surface area contributed by atoms with Crippen LogP contribution in [0.2, 0.25) is 0 Å². The van der Waals surface area contributed by atoms with Gasteiger partial charge in [-0.05, 0) is 42.7 Å². The Morgan fingerprint density at radius 2 is 1.82 bits per heavy atom. The highest BCUT2D eigenvalue weighted by Crippen LogP contribution is 2.14. The van der Waals surface area contributed by atoms with Crippen LogP contribution in [0.4, 0.5) is 0 Å². The molecule has 1 aliphatic rings. The molecule has 0 amide bonds. The van der Waals surface area contributed by atoms with Crippen molar-refractivity contribution < 1.29 is 14.8 Å². The van der Waals surface area contributed by atoms with E-state index in [2.05, 4.69) is 41.7 Å². The minimum absolute atomic E-state index is 0.452. The predicted octanol–water partition coefficient (Wildman–Crippen LogP) is 2.51. The van der Waals surface area contributed by atoms with Gasteiger partial charge in [-0.3, -0.25) is 0 Å². The van der Waals surface area contributed by atoms with Crippen LogP contribution in [0, 0.1) is 0 Å². The molecule has 22 heavy (non-hydrogen) atoms. The molecule has 1 fully saturated rings. The minimum Gasteiger partial charge on any atom is -0.489 e. The van der Waals surface area contributed by atoms with Crippen LogP contribution in [0.1, 0.15) is 24.0 Å². The van der Waals surface area contributed by atoms with Gasteiger partial charge < -0.3 is 14.8 Å². The first kappa shape index (κ1) is 15.1. The zero-order valence-electron chi connectivity index (χ0n) is 12.9. The van der Waals surface area contributed by atoms with E-state index < -0.39 is 0 Å². The van der Waals surface area contributed by atoms with Crippen LogP contribution in [0.5, 0.6) is 5.75 Å². The number of quaternary nitrogens is 1. The van der Waals surface area contributed by atoms with Gasteiger partial charge in [-0.1, -0.05) is 30.3 Å². The molecule has 0 aliphatic carbocycles. The average molecular weight is 298 g/mol. The summed E-state index contributed by atoms with van der Waals surface area (Å²) in [5, 5.41) is 2.33. The maximum absolute atomic E-state index is 5.80. The summed E-state index contributed by atoms with van der Waals surface area (Å²) in [6.45, 7) is 3.61. The van der Waals surface area contributed by atoms with E-state index in [-0.39, 0.29) is 0 Å². The smallest absolute Gasteiger partial charge is 0.119 e. The van der Waals surface area contributed by atoms with E-state index in [1.807, 2.05) is 18.2 Å². The van der Waals surface area contributed by atoms with Gasteiger partial charge in [-0.15, -0.1) is 0 Å². The average Bonchev–Trinajstić information content (AvgIpc) is 3.08. The van der Waals surface area contributed by atoms with Gasteiger partial charge in [0.1, 0.15) is 31.5 Å². The minimum atomic E-state index is 0.452. The highest BCUT2D eigenvalue weighted by molar-refractivity contribution is 5.27. The number of ether oxygens (including phenoxy) is 2. The maximum atomic E-state index is 5.80. The summed E-state index contributed by atoms with van der Waals surface area (Å²) in [6.07, 6.45) is 2.88. The van der Waals surface area contributed by atoms with Gasteiger partial charge in [0, 0.05) is 12.2 Å². The molecule has 0 saturated carbocycles. The maximum Gasteiger partial charge on any atom is 0.119 e. The first-order chi connectivity index (χ1) is 10.9. The van der Waals surface area contributed by atoms with Gasteiger partial charge in [-0.2, -0.15) is 0 Å². The first-order valence-electron chi connectivity index (χ1n) is 8.09. The monoisotopic (exact) mass is 298 g/mol. The highest BCUT2D eigenvalue weighted by Gasteiger charge is 2.16.